The van der Waals surface area contributed by atoms with Gasteiger partial charge in [0, 0.05) is 25.7 Å². The summed E-state index contributed by atoms with van der Waals surface area (Å²) in [6.07, 6.45) is 0. The maximum atomic E-state index is 12.7. The minimum Gasteiger partial charge on any atom is -0.492 e. The average molecular weight is 452 g/mol. The van der Waals surface area contributed by atoms with E-state index in [1.807, 2.05) is 0 Å². The van der Waals surface area contributed by atoms with E-state index < -0.39 is 21.1 Å². The first-order valence-corrected chi connectivity index (χ1v) is 11.1. The summed E-state index contributed by atoms with van der Waals surface area (Å²) >= 11 is 5.94. The fourth-order valence-corrected chi connectivity index (χ4v) is 4.22. The number of ether oxygens (including phenoxy) is 1. The van der Waals surface area contributed by atoms with Crippen molar-refractivity contribution in [3.8, 4) is 5.75 Å². The number of fused-ring (bicyclic) bond motifs is 1. The average Bonchev–Trinajstić information content (AvgIpc) is 2.70. The van der Waals surface area contributed by atoms with E-state index in [1.54, 1.807) is 37.3 Å². The van der Waals surface area contributed by atoms with Crippen LogP contribution >= 0.6 is 11.6 Å². The standard InChI is InChI=1S/C20H22ClN3O5S/c1-4-23-17-9-8-16(30(27,28)22(2)3)13-18(17)24(20(26)19(23)25)10-11-29-15-7-5-6-14(21)12-15/h5-9,12-13H,4,10-11H2,1-3H3. The van der Waals surface area contributed by atoms with E-state index in [9.17, 15) is 18.0 Å². The first-order chi connectivity index (χ1) is 14.2. The van der Waals surface area contributed by atoms with Crippen LogP contribution in [0.1, 0.15) is 6.92 Å². The second-order valence-corrected chi connectivity index (χ2v) is 9.34. The van der Waals surface area contributed by atoms with E-state index in [1.165, 1.54) is 35.4 Å². The molecule has 0 bridgehead atoms. The summed E-state index contributed by atoms with van der Waals surface area (Å²) in [6, 6.07) is 11.2. The van der Waals surface area contributed by atoms with Crippen LogP contribution in [-0.4, -0.2) is 42.6 Å². The lowest BCUT2D eigenvalue weighted by molar-refractivity contribution is 0.298. The van der Waals surface area contributed by atoms with Crippen molar-refractivity contribution < 1.29 is 13.2 Å². The molecule has 0 N–H and O–H groups in total. The van der Waals surface area contributed by atoms with Gasteiger partial charge in [0.15, 0.2) is 0 Å². The molecule has 0 spiro atoms. The zero-order valence-corrected chi connectivity index (χ0v) is 18.4. The molecule has 3 rings (SSSR count). The van der Waals surface area contributed by atoms with Crippen LogP contribution in [0.5, 0.6) is 5.75 Å². The SMILES string of the molecule is CCn1c(=O)c(=O)n(CCOc2cccc(Cl)c2)c2cc(S(=O)(=O)N(C)C)ccc21. The molecular weight excluding hydrogens is 430 g/mol. The summed E-state index contributed by atoms with van der Waals surface area (Å²) < 4.78 is 34.4. The molecule has 0 unspecified atom stereocenters. The van der Waals surface area contributed by atoms with Crippen molar-refractivity contribution >= 4 is 32.7 Å². The monoisotopic (exact) mass is 451 g/mol. The van der Waals surface area contributed by atoms with E-state index in [4.69, 9.17) is 16.3 Å². The first kappa shape index (κ1) is 22.1. The van der Waals surface area contributed by atoms with E-state index in [2.05, 4.69) is 0 Å². The Balaban J connectivity index is 2.10. The molecule has 0 amide bonds. The molecule has 3 aromatic rings. The minimum atomic E-state index is -3.71. The summed E-state index contributed by atoms with van der Waals surface area (Å²) in [6.45, 7) is 2.18. The van der Waals surface area contributed by atoms with Gasteiger partial charge in [0.05, 0.1) is 22.5 Å². The van der Waals surface area contributed by atoms with Crippen LogP contribution < -0.4 is 15.9 Å². The van der Waals surface area contributed by atoms with Crippen molar-refractivity contribution in [1.82, 2.24) is 13.4 Å². The Bertz CT molecular complexity index is 1310. The fourth-order valence-electron chi connectivity index (χ4n) is 3.12. The molecule has 1 heterocycles. The largest absolute Gasteiger partial charge is 0.492 e. The molecule has 0 aliphatic rings. The van der Waals surface area contributed by atoms with Gasteiger partial charge in [-0.15, -0.1) is 0 Å². The predicted molar refractivity (Wildman–Crippen MR) is 116 cm³/mol. The Morgan fingerprint density at radius 3 is 2.33 bits per heavy atom. The van der Waals surface area contributed by atoms with Gasteiger partial charge in [-0.1, -0.05) is 17.7 Å². The van der Waals surface area contributed by atoms with Gasteiger partial charge in [-0.25, -0.2) is 12.7 Å². The van der Waals surface area contributed by atoms with Gasteiger partial charge >= 0.3 is 11.1 Å². The number of sulfonamides is 1. The summed E-state index contributed by atoms with van der Waals surface area (Å²) in [4.78, 5) is 25.3. The van der Waals surface area contributed by atoms with Crippen LogP contribution in [0.4, 0.5) is 0 Å². The number of hydrogen-bond donors (Lipinski definition) is 0. The third kappa shape index (κ3) is 4.14. The van der Waals surface area contributed by atoms with Crippen molar-refractivity contribution in [3.05, 3.63) is 68.2 Å². The third-order valence-electron chi connectivity index (χ3n) is 4.68. The molecule has 8 nitrogen and oxygen atoms in total. The Kier molecular flexibility index (Phi) is 6.35. The Morgan fingerprint density at radius 2 is 1.70 bits per heavy atom. The highest BCUT2D eigenvalue weighted by atomic mass is 35.5. The zero-order chi connectivity index (χ0) is 22.1. The fraction of sp³-hybridized carbons (Fsp3) is 0.300. The predicted octanol–water partition coefficient (Wildman–Crippen LogP) is 2.17. The van der Waals surface area contributed by atoms with Crippen molar-refractivity contribution in [3.63, 3.8) is 0 Å². The molecule has 0 radical (unpaired) electrons. The van der Waals surface area contributed by atoms with Crippen molar-refractivity contribution in [2.24, 2.45) is 0 Å². The molecule has 0 saturated heterocycles. The second-order valence-electron chi connectivity index (χ2n) is 6.75. The van der Waals surface area contributed by atoms with Crippen molar-refractivity contribution in [2.75, 3.05) is 20.7 Å². The van der Waals surface area contributed by atoms with Gasteiger partial charge in [0.25, 0.3) is 0 Å². The normalized spacial score (nSPS) is 11.9. The number of rotatable bonds is 7. The molecule has 1 aromatic heterocycles. The Hall–Kier alpha value is -2.62. The third-order valence-corrected chi connectivity index (χ3v) is 6.72. The first-order valence-electron chi connectivity index (χ1n) is 9.25. The molecule has 0 aliphatic heterocycles. The molecule has 160 valence electrons. The lowest BCUT2D eigenvalue weighted by atomic mass is 10.2. The summed E-state index contributed by atoms with van der Waals surface area (Å²) in [5.41, 5.74) is -0.587. The summed E-state index contributed by atoms with van der Waals surface area (Å²) in [5.74, 6) is 0.526. The topological polar surface area (TPSA) is 90.6 Å². The maximum absolute atomic E-state index is 12.7. The van der Waals surface area contributed by atoms with E-state index in [-0.39, 0.29) is 24.6 Å². The van der Waals surface area contributed by atoms with E-state index >= 15 is 0 Å². The Labute approximate surface area is 178 Å². The molecule has 30 heavy (non-hydrogen) atoms. The second kappa shape index (κ2) is 8.63. The lowest BCUT2D eigenvalue weighted by Crippen LogP contribution is -2.42. The minimum absolute atomic E-state index is 0.0326. The van der Waals surface area contributed by atoms with Gasteiger partial charge in [-0.2, -0.15) is 0 Å². The summed E-state index contributed by atoms with van der Waals surface area (Å²) in [7, 11) is -0.853. The lowest BCUT2D eigenvalue weighted by Gasteiger charge is -2.17. The number of aryl methyl sites for hydroxylation is 1. The zero-order valence-electron chi connectivity index (χ0n) is 16.8. The molecule has 0 aliphatic carbocycles. The van der Waals surface area contributed by atoms with Crippen LogP contribution in [-0.2, 0) is 23.1 Å². The van der Waals surface area contributed by atoms with E-state index in [0.717, 1.165) is 4.31 Å². The van der Waals surface area contributed by atoms with Gasteiger partial charge in [-0.05, 0) is 43.3 Å². The van der Waals surface area contributed by atoms with Crippen LogP contribution in [0.25, 0.3) is 11.0 Å². The molecule has 0 atom stereocenters. The highest BCUT2D eigenvalue weighted by molar-refractivity contribution is 7.89. The van der Waals surface area contributed by atoms with Crippen LogP contribution in [0, 0.1) is 0 Å². The molecule has 10 heteroatoms. The number of hydrogen-bond acceptors (Lipinski definition) is 5. The molecule has 0 fully saturated rings. The van der Waals surface area contributed by atoms with Crippen LogP contribution in [0.2, 0.25) is 5.02 Å². The number of nitrogens with zero attached hydrogens (tertiary/aromatic N) is 3. The molecular formula is C20H22ClN3O5S. The van der Waals surface area contributed by atoms with Gasteiger partial charge in [0.2, 0.25) is 10.0 Å². The highest BCUT2D eigenvalue weighted by Gasteiger charge is 2.20. The smallest absolute Gasteiger partial charge is 0.317 e. The van der Waals surface area contributed by atoms with Gasteiger partial charge in [0.1, 0.15) is 12.4 Å². The van der Waals surface area contributed by atoms with Crippen LogP contribution in [0.15, 0.2) is 56.9 Å². The quantitative estimate of drug-likeness (QED) is 0.513. The number of benzene rings is 2. The number of aromatic nitrogens is 2. The van der Waals surface area contributed by atoms with Crippen molar-refractivity contribution in [1.29, 1.82) is 0 Å². The highest BCUT2D eigenvalue weighted by Crippen LogP contribution is 2.20. The molecule has 0 saturated carbocycles. The van der Waals surface area contributed by atoms with Gasteiger partial charge < -0.3 is 9.30 Å². The number of halogens is 1. The van der Waals surface area contributed by atoms with Crippen LogP contribution in [0.3, 0.4) is 0 Å². The van der Waals surface area contributed by atoms with Gasteiger partial charge in [-0.3, -0.25) is 14.2 Å². The summed E-state index contributed by atoms with van der Waals surface area (Å²) in [5, 5.41) is 0.513. The van der Waals surface area contributed by atoms with E-state index in [0.29, 0.717) is 21.8 Å². The maximum Gasteiger partial charge on any atom is 0.317 e. The molecule has 2 aromatic carbocycles. The van der Waals surface area contributed by atoms with Crippen molar-refractivity contribution in [2.45, 2.75) is 24.9 Å². The Morgan fingerprint density at radius 1 is 1.00 bits per heavy atom.